The van der Waals surface area contributed by atoms with Crippen molar-refractivity contribution in [3.8, 4) is 0 Å². The summed E-state index contributed by atoms with van der Waals surface area (Å²) in [6, 6.07) is 0. The Morgan fingerprint density at radius 1 is 1.67 bits per heavy atom. The number of hydrogen-bond acceptors (Lipinski definition) is 4. The molecule has 1 rings (SSSR count). The molecule has 0 radical (unpaired) electrons. The average Bonchev–Trinajstić information content (AvgIpc) is 2.08. The van der Waals surface area contributed by atoms with Crippen LogP contribution in [0.15, 0.2) is 0 Å². The van der Waals surface area contributed by atoms with Gasteiger partial charge in [0.1, 0.15) is 11.7 Å². The van der Waals surface area contributed by atoms with Gasteiger partial charge in [0.15, 0.2) is 0 Å². The zero-order chi connectivity index (χ0) is 9.14. The third kappa shape index (κ3) is 1.82. The summed E-state index contributed by atoms with van der Waals surface area (Å²) >= 11 is 0. The van der Waals surface area contributed by atoms with E-state index in [2.05, 4.69) is 4.74 Å². The highest BCUT2D eigenvalue weighted by Crippen LogP contribution is 2.21. The molecule has 68 valence electrons. The molecule has 1 aliphatic carbocycles. The van der Waals surface area contributed by atoms with Crippen LogP contribution in [0.3, 0.4) is 0 Å². The van der Waals surface area contributed by atoms with Gasteiger partial charge >= 0.3 is 5.97 Å². The maximum Gasteiger partial charge on any atom is 0.316 e. The Kier molecular flexibility index (Phi) is 2.81. The summed E-state index contributed by atoms with van der Waals surface area (Å²) in [5.41, 5.74) is 0. The summed E-state index contributed by atoms with van der Waals surface area (Å²) < 4.78 is 4.44. The first kappa shape index (κ1) is 9.19. The van der Waals surface area contributed by atoms with Crippen molar-refractivity contribution in [2.75, 3.05) is 7.11 Å². The molecule has 0 amide bonds. The first-order valence-corrected chi connectivity index (χ1v) is 3.93. The summed E-state index contributed by atoms with van der Waals surface area (Å²) in [4.78, 5) is 22.1. The van der Waals surface area contributed by atoms with Crippen molar-refractivity contribution < 1.29 is 19.4 Å². The number of esters is 1. The molecule has 1 saturated carbocycles. The summed E-state index contributed by atoms with van der Waals surface area (Å²) in [5.74, 6) is -1.38. The lowest BCUT2D eigenvalue weighted by Crippen LogP contribution is -2.34. The number of carbonyl (C=O) groups excluding carboxylic acids is 2. The number of ketones is 1. The number of ether oxygens (including phenoxy) is 1. The molecular weight excluding hydrogens is 160 g/mol. The summed E-state index contributed by atoms with van der Waals surface area (Å²) in [6.07, 6.45) is 0.422. The standard InChI is InChI=1S/C8H12O4/c1-12-8(11)6-4-5(9)2-3-7(6)10/h5-6,9H,2-4H2,1H3. The Hall–Kier alpha value is -0.900. The minimum Gasteiger partial charge on any atom is -0.468 e. The molecule has 0 aromatic carbocycles. The molecule has 1 aliphatic rings. The van der Waals surface area contributed by atoms with Crippen molar-refractivity contribution in [3.63, 3.8) is 0 Å². The van der Waals surface area contributed by atoms with Crippen molar-refractivity contribution in [2.45, 2.75) is 25.4 Å². The van der Waals surface area contributed by atoms with E-state index < -0.39 is 18.0 Å². The molecule has 0 heterocycles. The topological polar surface area (TPSA) is 63.6 Å². The second-order valence-corrected chi connectivity index (χ2v) is 2.97. The maximum absolute atomic E-state index is 11.1. The fraction of sp³-hybridized carbons (Fsp3) is 0.750. The first-order chi connectivity index (χ1) is 5.65. The van der Waals surface area contributed by atoms with Crippen molar-refractivity contribution in [1.29, 1.82) is 0 Å². The minimum atomic E-state index is -0.737. The van der Waals surface area contributed by atoms with Gasteiger partial charge in [-0.25, -0.2) is 0 Å². The minimum absolute atomic E-state index is 0.118. The molecule has 0 aromatic heterocycles. The molecule has 1 fully saturated rings. The van der Waals surface area contributed by atoms with Gasteiger partial charge in [-0.3, -0.25) is 9.59 Å². The quantitative estimate of drug-likeness (QED) is 0.442. The molecule has 0 aliphatic heterocycles. The van der Waals surface area contributed by atoms with Crippen LogP contribution >= 0.6 is 0 Å². The smallest absolute Gasteiger partial charge is 0.316 e. The third-order valence-corrected chi connectivity index (χ3v) is 2.11. The van der Waals surface area contributed by atoms with Crippen LogP contribution in [-0.4, -0.2) is 30.1 Å². The van der Waals surface area contributed by atoms with Crippen LogP contribution < -0.4 is 0 Å². The lowest BCUT2D eigenvalue weighted by Gasteiger charge is -2.22. The lowest BCUT2D eigenvalue weighted by molar-refractivity contribution is -0.152. The predicted molar refractivity (Wildman–Crippen MR) is 40.4 cm³/mol. The molecule has 4 nitrogen and oxygen atoms in total. The molecule has 2 unspecified atom stereocenters. The van der Waals surface area contributed by atoms with Crippen LogP contribution in [0.4, 0.5) is 0 Å². The van der Waals surface area contributed by atoms with Gasteiger partial charge in [0.2, 0.25) is 0 Å². The number of aliphatic hydroxyl groups is 1. The van der Waals surface area contributed by atoms with E-state index in [1.54, 1.807) is 0 Å². The van der Waals surface area contributed by atoms with Crippen LogP contribution in [0.25, 0.3) is 0 Å². The fourth-order valence-electron chi connectivity index (χ4n) is 1.37. The second-order valence-electron chi connectivity index (χ2n) is 2.97. The number of methoxy groups -OCH3 is 1. The largest absolute Gasteiger partial charge is 0.468 e. The second kappa shape index (κ2) is 3.67. The molecule has 4 heteroatoms. The van der Waals surface area contributed by atoms with E-state index in [1.807, 2.05) is 0 Å². The van der Waals surface area contributed by atoms with Crippen molar-refractivity contribution in [1.82, 2.24) is 0 Å². The Labute approximate surface area is 70.5 Å². The fourth-order valence-corrected chi connectivity index (χ4v) is 1.37. The lowest BCUT2D eigenvalue weighted by atomic mass is 9.86. The van der Waals surface area contributed by atoms with E-state index >= 15 is 0 Å². The number of aliphatic hydroxyl groups excluding tert-OH is 1. The summed E-state index contributed by atoms with van der Waals surface area (Å²) in [6.45, 7) is 0. The van der Waals surface area contributed by atoms with Crippen LogP contribution in [0.5, 0.6) is 0 Å². The van der Waals surface area contributed by atoms with Crippen molar-refractivity contribution in [2.24, 2.45) is 5.92 Å². The molecule has 0 saturated heterocycles. The Bertz CT molecular complexity index is 191. The average molecular weight is 172 g/mol. The van der Waals surface area contributed by atoms with Gasteiger partial charge in [-0.05, 0) is 12.8 Å². The zero-order valence-electron chi connectivity index (χ0n) is 6.95. The molecule has 0 spiro atoms. The number of carbonyl (C=O) groups is 2. The maximum atomic E-state index is 11.1. The van der Waals surface area contributed by atoms with E-state index in [0.717, 1.165) is 0 Å². The Balaban J connectivity index is 2.60. The van der Waals surface area contributed by atoms with Gasteiger partial charge in [0.25, 0.3) is 0 Å². The van der Waals surface area contributed by atoms with Gasteiger partial charge in [0.05, 0.1) is 13.2 Å². The SMILES string of the molecule is COC(=O)C1CC(O)CCC1=O. The highest BCUT2D eigenvalue weighted by molar-refractivity contribution is 5.99. The molecule has 0 aromatic rings. The van der Waals surface area contributed by atoms with Crippen LogP contribution in [0, 0.1) is 5.92 Å². The molecule has 2 atom stereocenters. The highest BCUT2D eigenvalue weighted by Gasteiger charge is 2.33. The number of hydrogen-bond donors (Lipinski definition) is 1. The number of Topliss-reactive ketones (excluding diaryl/α,β-unsaturated/α-hetero) is 1. The molecule has 1 N–H and O–H groups in total. The summed E-state index contributed by atoms with van der Waals surface area (Å²) in [7, 11) is 1.25. The van der Waals surface area contributed by atoms with Gasteiger partial charge in [-0.1, -0.05) is 0 Å². The van der Waals surface area contributed by atoms with Crippen molar-refractivity contribution >= 4 is 11.8 Å². The van der Waals surface area contributed by atoms with Gasteiger partial charge in [0, 0.05) is 6.42 Å². The molecular formula is C8H12O4. The zero-order valence-corrected chi connectivity index (χ0v) is 6.95. The highest BCUT2D eigenvalue weighted by atomic mass is 16.5. The Morgan fingerprint density at radius 2 is 2.33 bits per heavy atom. The molecule has 0 bridgehead atoms. The van der Waals surface area contributed by atoms with Crippen molar-refractivity contribution in [3.05, 3.63) is 0 Å². The summed E-state index contributed by atoms with van der Waals surface area (Å²) in [5, 5.41) is 9.18. The monoisotopic (exact) mass is 172 g/mol. The molecule has 12 heavy (non-hydrogen) atoms. The third-order valence-electron chi connectivity index (χ3n) is 2.11. The predicted octanol–water partition coefficient (Wildman–Crippen LogP) is -0.111. The van der Waals surface area contributed by atoms with E-state index in [1.165, 1.54) is 7.11 Å². The normalized spacial score (nSPS) is 30.0. The van der Waals surface area contributed by atoms with E-state index in [-0.39, 0.29) is 18.6 Å². The van der Waals surface area contributed by atoms with Gasteiger partial charge < -0.3 is 9.84 Å². The first-order valence-electron chi connectivity index (χ1n) is 3.93. The van der Waals surface area contributed by atoms with Crippen LogP contribution in [0.1, 0.15) is 19.3 Å². The van der Waals surface area contributed by atoms with E-state index in [4.69, 9.17) is 0 Å². The van der Waals surface area contributed by atoms with Crippen LogP contribution in [-0.2, 0) is 14.3 Å². The van der Waals surface area contributed by atoms with E-state index in [9.17, 15) is 14.7 Å². The Morgan fingerprint density at radius 3 is 2.92 bits per heavy atom. The van der Waals surface area contributed by atoms with E-state index in [0.29, 0.717) is 6.42 Å². The van der Waals surface area contributed by atoms with Gasteiger partial charge in [-0.15, -0.1) is 0 Å². The van der Waals surface area contributed by atoms with Gasteiger partial charge in [-0.2, -0.15) is 0 Å². The van der Waals surface area contributed by atoms with Crippen LogP contribution in [0.2, 0.25) is 0 Å². The number of rotatable bonds is 1.